The monoisotopic (exact) mass is 303 g/mol. The van der Waals surface area contributed by atoms with Gasteiger partial charge in [-0.2, -0.15) is 0 Å². The molecule has 1 fully saturated rings. The van der Waals surface area contributed by atoms with E-state index >= 15 is 0 Å². The smallest absolute Gasteiger partial charge is 0.223 e. The maximum Gasteiger partial charge on any atom is 0.223 e. The standard InChI is InChI=1S/C16H19NO3.C2H6/c1-4-15(18)13-9-16(19)17(10-13)11(2)12-5-7-14(20-3)8-6-12;1-2/h4-8,11,13H,1,9-10H2,2-3H3;1-2H3. The minimum absolute atomic E-state index is 0.0218. The van der Waals surface area contributed by atoms with Gasteiger partial charge in [0.05, 0.1) is 13.2 Å². The van der Waals surface area contributed by atoms with Crippen molar-refractivity contribution in [3.8, 4) is 5.75 Å². The van der Waals surface area contributed by atoms with Crippen LogP contribution in [0, 0.1) is 5.92 Å². The number of likely N-dealkylation sites (tertiary alicyclic amines) is 1. The molecule has 1 aliphatic rings. The molecular weight excluding hydrogens is 278 g/mol. The summed E-state index contributed by atoms with van der Waals surface area (Å²) in [5.74, 6) is 0.505. The summed E-state index contributed by atoms with van der Waals surface area (Å²) in [6.45, 7) is 9.93. The minimum Gasteiger partial charge on any atom is -0.497 e. The highest BCUT2D eigenvalue weighted by atomic mass is 16.5. The van der Waals surface area contributed by atoms with E-state index in [-0.39, 0.29) is 30.1 Å². The second-order valence-electron chi connectivity index (χ2n) is 5.00. The van der Waals surface area contributed by atoms with Crippen molar-refractivity contribution in [3.05, 3.63) is 42.5 Å². The van der Waals surface area contributed by atoms with Gasteiger partial charge in [-0.05, 0) is 30.7 Å². The van der Waals surface area contributed by atoms with Crippen LogP contribution >= 0.6 is 0 Å². The van der Waals surface area contributed by atoms with Crippen LogP contribution < -0.4 is 4.74 Å². The fourth-order valence-corrected chi connectivity index (χ4v) is 2.53. The Balaban J connectivity index is 0.00000116. The molecule has 1 aromatic carbocycles. The normalized spacial score (nSPS) is 18.3. The molecule has 0 bridgehead atoms. The van der Waals surface area contributed by atoms with Crippen molar-refractivity contribution in [3.63, 3.8) is 0 Å². The van der Waals surface area contributed by atoms with Crippen LogP contribution in [0.4, 0.5) is 0 Å². The highest BCUT2D eigenvalue weighted by Crippen LogP contribution is 2.29. The lowest BCUT2D eigenvalue weighted by molar-refractivity contribution is -0.129. The van der Waals surface area contributed by atoms with Gasteiger partial charge >= 0.3 is 0 Å². The van der Waals surface area contributed by atoms with Gasteiger partial charge in [0, 0.05) is 18.9 Å². The first-order chi connectivity index (χ1) is 10.6. The molecule has 0 spiro atoms. The summed E-state index contributed by atoms with van der Waals surface area (Å²) >= 11 is 0. The van der Waals surface area contributed by atoms with Crippen molar-refractivity contribution < 1.29 is 14.3 Å². The lowest BCUT2D eigenvalue weighted by Crippen LogP contribution is -2.29. The second kappa shape index (κ2) is 8.37. The third-order valence-corrected chi connectivity index (χ3v) is 3.83. The van der Waals surface area contributed by atoms with E-state index in [0.29, 0.717) is 6.54 Å². The van der Waals surface area contributed by atoms with Crippen LogP contribution in [0.1, 0.15) is 38.8 Å². The van der Waals surface area contributed by atoms with Gasteiger partial charge in [0.15, 0.2) is 5.78 Å². The van der Waals surface area contributed by atoms with Gasteiger partial charge in [-0.3, -0.25) is 9.59 Å². The number of nitrogens with zero attached hydrogens (tertiary/aromatic N) is 1. The molecule has 0 radical (unpaired) electrons. The average Bonchev–Trinajstić information content (AvgIpc) is 2.97. The fraction of sp³-hybridized carbons (Fsp3) is 0.444. The Labute approximate surface area is 132 Å². The number of ketones is 1. The molecule has 2 atom stereocenters. The topological polar surface area (TPSA) is 46.6 Å². The van der Waals surface area contributed by atoms with Crippen LogP contribution in [-0.4, -0.2) is 30.2 Å². The maximum atomic E-state index is 12.1. The first-order valence-electron chi connectivity index (χ1n) is 7.66. The third-order valence-electron chi connectivity index (χ3n) is 3.83. The number of methoxy groups -OCH3 is 1. The molecule has 4 nitrogen and oxygen atoms in total. The fourth-order valence-electron chi connectivity index (χ4n) is 2.53. The van der Waals surface area contributed by atoms with Gasteiger partial charge in [-0.1, -0.05) is 32.6 Å². The summed E-state index contributed by atoms with van der Waals surface area (Å²) in [7, 11) is 1.62. The largest absolute Gasteiger partial charge is 0.497 e. The number of carbonyl (C=O) groups excluding carboxylic acids is 2. The lowest BCUT2D eigenvalue weighted by atomic mass is 10.0. The van der Waals surface area contributed by atoms with Crippen LogP contribution in [-0.2, 0) is 9.59 Å². The molecule has 22 heavy (non-hydrogen) atoms. The Bertz CT molecular complexity index is 522. The Kier molecular flexibility index (Phi) is 6.83. The predicted octanol–water partition coefficient (Wildman–Crippen LogP) is 3.39. The predicted molar refractivity (Wildman–Crippen MR) is 87.8 cm³/mol. The van der Waals surface area contributed by atoms with E-state index in [0.717, 1.165) is 11.3 Å². The van der Waals surface area contributed by atoms with E-state index in [1.807, 2.05) is 45.0 Å². The first-order valence-corrected chi connectivity index (χ1v) is 7.66. The summed E-state index contributed by atoms with van der Waals surface area (Å²) in [5, 5.41) is 0. The van der Waals surface area contributed by atoms with E-state index < -0.39 is 0 Å². The molecule has 2 rings (SSSR count). The van der Waals surface area contributed by atoms with Crippen LogP contribution in [0.15, 0.2) is 36.9 Å². The summed E-state index contributed by atoms with van der Waals surface area (Å²) in [6.07, 6.45) is 1.59. The third kappa shape index (κ3) is 3.97. The number of allylic oxidation sites excluding steroid dienone is 1. The summed E-state index contributed by atoms with van der Waals surface area (Å²) in [5.41, 5.74) is 1.03. The number of amides is 1. The van der Waals surface area contributed by atoms with E-state index in [9.17, 15) is 9.59 Å². The van der Waals surface area contributed by atoms with Crippen molar-refractivity contribution in [2.75, 3.05) is 13.7 Å². The van der Waals surface area contributed by atoms with Crippen LogP contribution in [0.5, 0.6) is 5.75 Å². The first kappa shape index (κ1) is 18.0. The molecule has 1 heterocycles. The molecule has 0 aromatic heterocycles. The molecule has 1 aliphatic heterocycles. The quantitative estimate of drug-likeness (QED) is 0.783. The van der Waals surface area contributed by atoms with Gasteiger partial charge in [-0.25, -0.2) is 0 Å². The van der Waals surface area contributed by atoms with Gasteiger partial charge < -0.3 is 9.64 Å². The second-order valence-corrected chi connectivity index (χ2v) is 5.00. The molecule has 1 amide bonds. The molecular formula is C18H25NO3. The Morgan fingerprint density at radius 1 is 1.36 bits per heavy atom. The van der Waals surface area contributed by atoms with Crippen molar-refractivity contribution in [1.82, 2.24) is 4.90 Å². The van der Waals surface area contributed by atoms with Gasteiger partial charge in [-0.15, -0.1) is 0 Å². The van der Waals surface area contributed by atoms with Crippen molar-refractivity contribution in [2.45, 2.75) is 33.2 Å². The van der Waals surface area contributed by atoms with Crippen LogP contribution in [0.3, 0.4) is 0 Å². The SMILES string of the molecule is C=CC(=O)C1CC(=O)N(C(C)c2ccc(OC)cc2)C1.CC. The summed E-state index contributed by atoms with van der Waals surface area (Å²) < 4.78 is 5.12. The van der Waals surface area contributed by atoms with Crippen molar-refractivity contribution in [2.24, 2.45) is 5.92 Å². The molecule has 120 valence electrons. The molecule has 4 heteroatoms. The number of rotatable bonds is 5. The highest BCUT2D eigenvalue weighted by Gasteiger charge is 2.35. The Hall–Kier alpha value is -2.10. The molecule has 1 saturated heterocycles. The highest BCUT2D eigenvalue weighted by molar-refractivity contribution is 5.96. The molecule has 0 aliphatic carbocycles. The average molecular weight is 303 g/mol. The molecule has 0 saturated carbocycles. The van der Waals surface area contributed by atoms with Gasteiger partial charge in [0.2, 0.25) is 5.91 Å². The Morgan fingerprint density at radius 3 is 2.45 bits per heavy atom. The molecule has 2 unspecified atom stereocenters. The lowest BCUT2D eigenvalue weighted by Gasteiger charge is -2.25. The Morgan fingerprint density at radius 2 is 1.95 bits per heavy atom. The number of ether oxygens (including phenoxy) is 1. The number of hydrogen-bond acceptors (Lipinski definition) is 3. The maximum absolute atomic E-state index is 12.1. The van der Waals surface area contributed by atoms with E-state index in [2.05, 4.69) is 6.58 Å². The number of carbonyl (C=O) groups is 2. The van der Waals surface area contributed by atoms with E-state index in [1.165, 1.54) is 6.08 Å². The zero-order chi connectivity index (χ0) is 16.7. The minimum atomic E-state index is -0.249. The van der Waals surface area contributed by atoms with Crippen molar-refractivity contribution >= 4 is 11.7 Å². The number of benzene rings is 1. The molecule has 0 N–H and O–H groups in total. The van der Waals surface area contributed by atoms with Crippen molar-refractivity contribution in [1.29, 1.82) is 0 Å². The van der Waals surface area contributed by atoms with Gasteiger partial charge in [0.25, 0.3) is 0 Å². The summed E-state index contributed by atoms with van der Waals surface area (Å²) in [4.78, 5) is 25.4. The van der Waals surface area contributed by atoms with Crippen LogP contribution in [0.2, 0.25) is 0 Å². The zero-order valence-corrected chi connectivity index (χ0v) is 13.8. The summed E-state index contributed by atoms with van der Waals surface area (Å²) in [6, 6.07) is 7.59. The zero-order valence-electron chi connectivity index (χ0n) is 13.8. The van der Waals surface area contributed by atoms with E-state index in [1.54, 1.807) is 12.0 Å². The van der Waals surface area contributed by atoms with E-state index in [4.69, 9.17) is 4.74 Å². The van der Waals surface area contributed by atoms with Crippen LogP contribution in [0.25, 0.3) is 0 Å². The number of hydrogen-bond donors (Lipinski definition) is 0. The van der Waals surface area contributed by atoms with Gasteiger partial charge in [0.1, 0.15) is 5.75 Å². The molecule has 1 aromatic rings.